The third kappa shape index (κ3) is 1.54. The van der Waals surface area contributed by atoms with Gasteiger partial charge < -0.3 is 0 Å². The Kier molecular flexibility index (Phi) is 2.52. The van der Waals surface area contributed by atoms with Crippen LogP contribution in [0, 0.1) is 5.82 Å². The van der Waals surface area contributed by atoms with Crippen LogP contribution in [0.15, 0.2) is 18.2 Å². The molecule has 0 fully saturated rings. The van der Waals surface area contributed by atoms with E-state index in [2.05, 4.69) is 4.98 Å². The van der Waals surface area contributed by atoms with E-state index in [1.165, 1.54) is 18.2 Å². The van der Waals surface area contributed by atoms with Gasteiger partial charge in [-0.3, -0.25) is 0 Å². The molecule has 72 valence electrons. The summed E-state index contributed by atoms with van der Waals surface area (Å²) in [6, 6.07) is 4.24. The van der Waals surface area contributed by atoms with Crippen LogP contribution in [0.25, 0.3) is 10.8 Å². The fourth-order valence-electron chi connectivity index (χ4n) is 1.19. The zero-order valence-electron chi connectivity index (χ0n) is 6.69. The number of fused-ring (bicyclic) bond motifs is 1. The number of hydrogen-bond donors (Lipinski definition) is 0. The Morgan fingerprint density at radius 1 is 1.07 bits per heavy atom. The third-order valence-electron chi connectivity index (χ3n) is 1.82. The molecule has 0 N–H and O–H groups in total. The highest BCUT2D eigenvalue weighted by Crippen LogP contribution is 2.31. The van der Waals surface area contributed by atoms with Gasteiger partial charge >= 0.3 is 0 Å². The molecule has 0 amide bonds. The maximum Gasteiger partial charge on any atom is 0.142 e. The molecule has 0 spiro atoms. The Hall–Kier alpha value is -0.570. The Labute approximate surface area is 94.4 Å². The van der Waals surface area contributed by atoms with Gasteiger partial charge in [0.05, 0.1) is 5.02 Å². The predicted molar refractivity (Wildman–Crippen MR) is 56.7 cm³/mol. The lowest BCUT2D eigenvalue weighted by atomic mass is 10.2. The molecule has 0 saturated carbocycles. The largest absolute Gasteiger partial charge is 0.224 e. The number of benzene rings is 1. The molecule has 0 saturated heterocycles. The van der Waals surface area contributed by atoms with Crippen molar-refractivity contribution in [3.05, 3.63) is 39.3 Å². The lowest BCUT2D eigenvalue weighted by molar-refractivity contribution is 0.630. The molecule has 0 aliphatic carbocycles. The minimum atomic E-state index is -0.502. The Morgan fingerprint density at radius 2 is 1.79 bits per heavy atom. The summed E-state index contributed by atoms with van der Waals surface area (Å²) in [7, 11) is 0. The first-order chi connectivity index (χ1) is 6.59. The fourth-order valence-corrected chi connectivity index (χ4v) is 1.90. The molecule has 0 unspecified atom stereocenters. The molecular weight excluding hydrogens is 247 g/mol. The normalized spacial score (nSPS) is 10.9. The van der Waals surface area contributed by atoms with Gasteiger partial charge in [0.2, 0.25) is 0 Å². The summed E-state index contributed by atoms with van der Waals surface area (Å²) in [4.78, 5) is 3.82. The van der Waals surface area contributed by atoms with Crippen molar-refractivity contribution in [2.45, 2.75) is 0 Å². The monoisotopic (exact) mass is 249 g/mol. The van der Waals surface area contributed by atoms with Crippen LogP contribution < -0.4 is 0 Å². The van der Waals surface area contributed by atoms with Crippen LogP contribution in [0.4, 0.5) is 4.39 Å². The van der Waals surface area contributed by atoms with E-state index in [-0.39, 0.29) is 15.3 Å². The molecule has 2 rings (SSSR count). The number of nitrogens with zero attached hydrogens (tertiary/aromatic N) is 1. The maximum absolute atomic E-state index is 13.1. The van der Waals surface area contributed by atoms with Crippen LogP contribution in [0.5, 0.6) is 0 Å². The Bertz CT molecular complexity index is 513. The summed E-state index contributed by atoms with van der Waals surface area (Å²) in [5.41, 5.74) is 0. The van der Waals surface area contributed by atoms with Gasteiger partial charge in [-0.25, -0.2) is 9.37 Å². The molecular formula is C9H3Cl3FN. The topological polar surface area (TPSA) is 12.9 Å². The van der Waals surface area contributed by atoms with Gasteiger partial charge in [-0.1, -0.05) is 34.8 Å². The first kappa shape index (κ1) is 9.97. The van der Waals surface area contributed by atoms with Crippen molar-refractivity contribution in [2.24, 2.45) is 0 Å². The molecule has 0 radical (unpaired) electrons. The molecule has 0 aliphatic heterocycles. The molecule has 1 aromatic heterocycles. The third-order valence-corrected chi connectivity index (χ3v) is 2.69. The zero-order valence-corrected chi connectivity index (χ0v) is 8.96. The van der Waals surface area contributed by atoms with E-state index in [1.54, 1.807) is 0 Å². The van der Waals surface area contributed by atoms with Gasteiger partial charge in [-0.05, 0) is 18.2 Å². The van der Waals surface area contributed by atoms with Crippen molar-refractivity contribution in [1.82, 2.24) is 4.98 Å². The smallest absolute Gasteiger partial charge is 0.142 e. The highest BCUT2D eigenvalue weighted by atomic mass is 35.5. The molecule has 0 atom stereocenters. The maximum atomic E-state index is 13.1. The molecule has 1 aromatic carbocycles. The lowest BCUT2D eigenvalue weighted by Crippen LogP contribution is -1.84. The van der Waals surface area contributed by atoms with Crippen LogP contribution in [-0.2, 0) is 0 Å². The summed E-state index contributed by atoms with van der Waals surface area (Å²) in [5.74, 6) is -0.502. The Morgan fingerprint density at radius 3 is 2.50 bits per heavy atom. The minimum Gasteiger partial charge on any atom is -0.224 e. The summed E-state index contributed by atoms with van der Waals surface area (Å²) >= 11 is 17.2. The van der Waals surface area contributed by atoms with Gasteiger partial charge in [0.1, 0.15) is 16.1 Å². The van der Waals surface area contributed by atoms with Crippen molar-refractivity contribution >= 4 is 45.6 Å². The number of hydrogen-bond acceptors (Lipinski definition) is 1. The first-order valence-corrected chi connectivity index (χ1v) is 4.83. The van der Waals surface area contributed by atoms with Crippen molar-refractivity contribution in [3.8, 4) is 0 Å². The molecule has 1 nitrogen and oxygen atoms in total. The second-order valence-electron chi connectivity index (χ2n) is 2.69. The summed E-state index contributed by atoms with van der Waals surface area (Å²) in [5, 5.41) is 1.47. The van der Waals surface area contributed by atoms with E-state index in [9.17, 15) is 4.39 Å². The van der Waals surface area contributed by atoms with Crippen LogP contribution in [0.2, 0.25) is 15.3 Å². The van der Waals surface area contributed by atoms with Gasteiger partial charge in [-0.15, -0.1) is 0 Å². The molecule has 14 heavy (non-hydrogen) atoms. The van der Waals surface area contributed by atoms with Gasteiger partial charge in [0, 0.05) is 10.8 Å². The number of halogens is 4. The predicted octanol–water partition coefficient (Wildman–Crippen LogP) is 4.33. The molecule has 0 aliphatic rings. The highest BCUT2D eigenvalue weighted by molar-refractivity contribution is 6.40. The van der Waals surface area contributed by atoms with E-state index in [4.69, 9.17) is 34.8 Å². The zero-order chi connectivity index (χ0) is 10.3. The quantitative estimate of drug-likeness (QED) is 0.634. The SMILES string of the molecule is Fc1ccc2c(Cl)nc(Cl)cc2c1Cl. The number of rotatable bonds is 0. The average molecular weight is 250 g/mol. The van der Waals surface area contributed by atoms with Gasteiger partial charge in [0.15, 0.2) is 0 Å². The standard InChI is InChI=1S/C9H3Cl3FN/c10-7-3-5-4(9(12)14-7)1-2-6(13)8(5)11/h1-3H. The van der Waals surface area contributed by atoms with Crippen LogP contribution in [0.3, 0.4) is 0 Å². The Balaban J connectivity index is 2.95. The summed E-state index contributed by atoms with van der Waals surface area (Å²) in [6.45, 7) is 0. The van der Waals surface area contributed by atoms with E-state index in [0.29, 0.717) is 10.8 Å². The second-order valence-corrected chi connectivity index (χ2v) is 3.82. The number of aromatic nitrogens is 1. The molecule has 2 aromatic rings. The van der Waals surface area contributed by atoms with E-state index < -0.39 is 5.82 Å². The average Bonchev–Trinajstić information content (AvgIpc) is 2.12. The minimum absolute atomic E-state index is 0.00806. The second kappa shape index (κ2) is 3.54. The number of pyridine rings is 1. The summed E-state index contributed by atoms with van der Waals surface area (Å²) < 4.78 is 13.1. The van der Waals surface area contributed by atoms with Crippen LogP contribution >= 0.6 is 34.8 Å². The van der Waals surface area contributed by atoms with Crippen LogP contribution in [-0.4, -0.2) is 4.98 Å². The van der Waals surface area contributed by atoms with Crippen molar-refractivity contribution in [2.75, 3.05) is 0 Å². The van der Waals surface area contributed by atoms with Gasteiger partial charge in [0.25, 0.3) is 0 Å². The lowest BCUT2D eigenvalue weighted by Gasteiger charge is -2.03. The van der Waals surface area contributed by atoms with E-state index >= 15 is 0 Å². The fraction of sp³-hybridized carbons (Fsp3) is 0. The molecule has 5 heteroatoms. The molecule has 1 heterocycles. The van der Waals surface area contributed by atoms with Gasteiger partial charge in [-0.2, -0.15) is 0 Å². The summed E-state index contributed by atoms with van der Waals surface area (Å²) in [6.07, 6.45) is 0. The first-order valence-electron chi connectivity index (χ1n) is 3.69. The molecule has 0 bridgehead atoms. The van der Waals surface area contributed by atoms with E-state index in [1.807, 2.05) is 0 Å². The van der Waals surface area contributed by atoms with Crippen LogP contribution in [0.1, 0.15) is 0 Å². The van der Waals surface area contributed by atoms with Crippen molar-refractivity contribution < 1.29 is 4.39 Å². The van der Waals surface area contributed by atoms with Crippen molar-refractivity contribution in [1.29, 1.82) is 0 Å². The highest BCUT2D eigenvalue weighted by Gasteiger charge is 2.09. The van der Waals surface area contributed by atoms with Crippen molar-refractivity contribution in [3.63, 3.8) is 0 Å². The van der Waals surface area contributed by atoms with E-state index in [0.717, 1.165) is 0 Å².